The number of hydrogen-bond acceptors (Lipinski definition) is 3. The summed E-state index contributed by atoms with van der Waals surface area (Å²) in [5, 5.41) is 6.50. The van der Waals surface area contributed by atoms with Crippen molar-refractivity contribution in [1.82, 2.24) is 4.98 Å². The van der Waals surface area contributed by atoms with E-state index in [1.807, 2.05) is 6.07 Å². The van der Waals surface area contributed by atoms with Gasteiger partial charge in [-0.1, -0.05) is 36.2 Å². The van der Waals surface area contributed by atoms with Crippen LogP contribution in [0.3, 0.4) is 0 Å². The number of pyridine rings is 1. The first-order chi connectivity index (χ1) is 8.20. The van der Waals surface area contributed by atoms with Gasteiger partial charge in [0.2, 0.25) is 0 Å². The minimum Gasteiger partial charge on any atom is -0.361 e. The molecule has 0 fully saturated rings. The van der Waals surface area contributed by atoms with Gasteiger partial charge in [-0.3, -0.25) is 0 Å². The summed E-state index contributed by atoms with van der Waals surface area (Å²) in [5.41, 5.74) is 0. The van der Waals surface area contributed by atoms with E-state index < -0.39 is 0 Å². The topological polar surface area (TPSA) is 24.9 Å². The van der Waals surface area contributed by atoms with Crippen LogP contribution in [-0.4, -0.2) is 4.98 Å². The zero-order valence-electron chi connectivity index (χ0n) is 9.28. The zero-order chi connectivity index (χ0) is 12.3. The Bertz CT molecular complexity index is 485. The van der Waals surface area contributed by atoms with Crippen molar-refractivity contribution in [3.8, 4) is 0 Å². The van der Waals surface area contributed by atoms with Crippen LogP contribution in [0, 0.1) is 0 Å². The van der Waals surface area contributed by atoms with Crippen LogP contribution >= 0.6 is 34.5 Å². The van der Waals surface area contributed by atoms with Gasteiger partial charge >= 0.3 is 0 Å². The molecule has 2 heterocycles. The number of nitrogens with one attached hydrogen (secondary N) is 1. The number of halogens is 2. The molecule has 5 heteroatoms. The Balaban J connectivity index is 2.19. The molecule has 0 saturated heterocycles. The molecule has 0 amide bonds. The molecule has 1 N–H and O–H groups in total. The normalized spacial score (nSPS) is 12.4. The Morgan fingerprint density at radius 3 is 2.88 bits per heavy atom. The monoisotopic (exact) mass is 286 g/mol. The van der Waals surface area contributed by atoms with Crippen LogP contribution < -0.4 is 5.32 Å². The Hall–Kier alpha value is -0.770. The Morgan fingerprint density at radius 1 is 1.47 bits per heavy atom. The maximum absolute atomic E-state index is 6.09. The van der Waals surface area contributed by atoms with Gasteiger partial charge in [0, 0.05) is 11.1 Å². The van der Waals surface area contributed by atoms with Crippen LogP contribution in [0.5, 0.6) is 0 Å². The average Bonchev–Trinajstić information content (AvgIpc) is 2.81. The van der Waals surface area contributed by atoms with Gasteiger partial charge in [-0.2, -0.15) is 0 Å². The van der Waals surface area contributed by atoms with Crippen molar-refractivity contribution < 1.29 is 0 Å². The maximum Gasteiger partial charge on any atom is 0.145 e. The summed E-state index contributed by atoms with van der Waals surface area (Å²) in [5.74, 6) is 0.677. The highest BCUT2D eigenvalue weighted by atomic mass is 35.5. The molecule has 0 radical (unpaired) electrons. The first-order valence-electron chi connectivity index (χ1n) is 5.31. The van der Waals surface area contributed by atoms with Crippen molar-refractivity contribution in [1.29, 1.82) is 0 Å². The van der Waals surface area contributed by atoms with E-state index in [4.69, 9.17) is 23.2 Å². The minimum absolute atomic E-state index is 0.237. The van der Waals surface area contributed by atoms with Crippen molar-refractivity contribution >= 4 is 40.4 Å². The number of aromatic nitrogens is 1. The third-order valence-electron chi connectivity index (χ3n) is 2.41. The van der Waals surface area contributed by atoms with Crippen molar-refractivity contribution in [2.45, 2.75) is 19.4 Å². The van der Waals surface area contributed by atoms with E-state index in [9.17, 15) is 0 Å². The largest absolute Gasteiger partial charge is 0.361 e. The van der Waals surface area contributed by atoms with E-state index in [1.165, 1.54) is 4.88 Å². The first-order valence-corrected chi connectivity index (χ1v) is 6.95. The summed E-state index contributed by atoms with van der Waals surface area (Å²) in [7, 11) is 0. The van der Waals surface area contributed by atoms with Crippen LogP contribution in [-0.2, 0) is 0 Å². The van der Waals surface area contributed by atoms with Gasteiger partial charge in [-0.15, -0.1) is 11.3 Å². The summed E-state index contributed by atoms with van der Waals surface area (Å²) in [6.07, 6.45) is 2.57. The van der Waals surface area contributed by atoms with Crippen LogP contribution in [0.4, 0.5) is 5.82 Å². The molecule has 0 spiro atoms. The lowest BCUT2D eigenvalue weighted by molar-refractivity contribution is 0.759. The van der Waals surface area contributed by atoms with Gasteiger partial charge in [0.1, 0.15) is 5.82 Å². The highest BCUT2D eigenvalue weighted by Gasteiger charge is 2.12. The van der Waals surface area contributed by atoms with Gasteiger partial charge in [0.05, 0.1) is 16.1 Å². The van der Waals surface area contributed by atoms with Gasteiger partial charge in [0.25, 0.3) is 0 Å². The molecule has 90 valence electrons. The molecular weight excluding hydrogens is 275 g/mol. The quantitative estimate of drug-likeness (QED) is 0.854. The standard InChI is InChI=1S/C12H12Cl2N2S/c1-2-10(11-4-3-5-17-11)16-12-9(14)6-8(13)7-15-12/h3-7,10H,2H2,1H3,(H,15,16). The molecule has 0 bridgehead atoms. The Kier molecular flexibility index (Phi) is 4.26. The van der Waals surface area contributed by atoms with Gasteiger partial charge in [-0.05, 0) is 23.9 Å². The third kappa shape index (κ3) is 3.12. The summed E-state index contributed by atoms with van der Waals surface area (Å²) in [4.78, 5) is 5.48. The van der Waals surface area contributed by atoms with Crippen molar-refractivity contribution in [2.75, 3.05) is 5.32 Å². The average molecular weight is 287 g/mol. The van der Waals surface area contributed by atoms with E-state index in [0.717, 1.165) is 6.42 Å². The molecule has 1 unspecified atom stereocenters. The summed E-state index contributed by atoms with van der Waals surface area (Å²) < 4.78 is 0. The Labute approximate surface area is 115 Å². The number of rotatable bonds is 4. The summed E-state index contributed by atoms with van der Waals surface area (Å²) in [6, 6.07) is 6.08. The number of hydrogen-bond donors (Lipinski definition) is 1. The van der Waals surface area contributed by atoms with Crippen LogP contribution in [0.15, 0.2) is 29.8 Å². The second-order valence-corrected chi connectivity index (χ2v) is 5.43. The fraction of sp³-hybridized carbons (Fsp3) is 0.250. The van der Waals surface area contributed by atoms with Gasteiger partial charge in [-0.25, -0.2) is 4.98 Å². The van der Waals surface area contributed by atoms with Crippen LogP contribution in [0.1, 0.15) is 24.3 Å². The molecule has 2 nitrogen and oxygen atoms in total. The van der Waals surface area contributed by atoms with E-state index in [-0.39, 0.29) is 6.04 Å². The predicted molar refractivity (Wildman–Crippen MR) is 75.2 cm³/mol. The number of nitrogens with zero attached hydrogens (tertiary/aromatic N) is 1. The minimum atomic E-state index is 0.237. The second kappa shape index (κ2) is 5.71. The van der Waals surface area contributed by atoms with Gasteiger partial charge < -0.3 is 5.32 Å². The highest BCUT2D eigenvalue weighted by Crippen LogP contribution is 2.29. The molecule has 2 rings (SSSR count). The van der Waals surface area contributed by atoms with Crippen LogP contribution in [0.25, 0.3) is 0 Å². The summed E-state index contributed by atoms with van der Waals surface area (Å²) >= 11 is 13.6. The predicted octanol–water partition coefficient (Wildman–Crippen LogP) is 5.01. The number of anilines is 1. The lowest BCUT2D eigenvalue weighted by Crippen LogP contribution is -2.09. The van der Waals surface area contributed by atoms with E-state index in [0.29, 0.717) is 15.9 Å². The molecular formula is C12H12Cl2N2S. The molecule has 0 saturated carbocycles. The van der Waals surface area contributed by atoms with Gasteiger partial charge in [0.15, 0.2) is 0 Å². The molecule has 1 atom stereocenters. The molecule has 17 heavy (non-hydrogen) atoms. The maximum atomic E-state index is 6.09. The Morgan fingerprint density at radius 2 is 2.29 bits per heavy atom. The second-order valence-electron chi connectivity index (χ2n) is 3.60. The van der Waals surface area contributed by atoms with Crippen LogP contribution in [0.2, 0.25) is 10.0 Å². The fourth-order valence-corrected chi connectivity index (χ4v) is 2.85. The van der Waals surface area contributed by atoms with Crippen molar-refractivity contribution in [2.24, 2.45) is 0 Å². The molecule has 0 aliphatic rings. The third-order valence-corrected chi connectivity index (χ3v) is 3.89. The van der Waals surface area contributed by atoms with E-state index >= 15 is 0 Å². The van der Waals surface area contributed by atoms with E-state index in [2.05, 4.69) is 28.7 Å². The number of thiophene rings is 1. The first kappa shape index (κ1) is 12.7. The molecule has 2 aromatic rings. The van der Waals surface area contributed by atoms with E-state index in [1.54, 1.807) is 23.6 Å². The zero-order valence-corrected chi connectivity index (χ0v) is 11.6. The lowest BCUT2D eigenvalue weighted by Gasteiger charge is -2.16. The molecule has 2 aromatic heterocycles. The highest BCUT2D eigenvalue weighted by molar-refractivity contribution is 7.10. The fourth-order valence-electron chi connectivity index (χ4n) is 1.55. The SMILES string of the molecule is CCC(Nc1ncc(Cl)cc1Cl)c1cccs1. The van der Waals surface area contributed by atoms with Crippen molar-refractivity contribution in [3.63, 3.8) is 0 Å². The van der Waals surface area contributed by atoms with Crippen molar-refractivity contribution in [3.05, 3.63) is 44.7 Å². The molecule has 0 aromatic carbocycles. The molecule has 0 aliphatic carbocycles. The molecule has 0 aliphatic heterocycles. The lowest BCUT2D eigenvalue weighted by atomic mass is 10.2. The smallest absolute Gasteiger partial charge is 0.145 e. The summed E-state index contributed by atoms with van der Waals surface area (Å²) in [6.45, 7) is 2.13.